The Morgan fingerprint density at radius 1 is 1.17 bits per heavy atom. The minimum Gasteiger partial charge on any atom is -0.468 e. The van der Waals surface area contributed by atoms with E-state index in [-0.39, 0.29) is 4.77 Å². The van der Waals surface area contributed by atoms with Crippen molar-refractivity contribution in [3.8, 4) is 17.4 Å². The molecule has 18 heavy (non-hydrogen) atoms. The second-order valence-electron chi connectivity index (χ2n) is 3.93. The van der Waals surface area contributed by atoms with Crippen molar-refractivity contribution in [1.29, 1.82) is 0 Å². The highest BCUT2D eigenvalue weighted by Crippen LogP contribution is 2.20. The normalized spacial score (nSPS) is 10.2. The molecule has 2 aromatic rings. The van der Waals surface area contributed by atoms with Crippen LogP contribution in [0.2, 0.25) is 0 Å². The van der Waals surface area contributed by atoms with E-state index in [2.05, 4.69) is 15.0 Å². The van der Waals surface area contributed by atoms with Gasteiger partial charge >= 0.3 is 0 Å². The van der Waals surface area contributed by atoms with Gasteiger partial charge in [-0.05, 0) is 36.5 Å². The zero-order valence-corrected chi connectivity index (χ0v) is 11.3. The van der Waals surface area contributed by atoms with E-state index in [1.807, 2.05) is 43.3 Å². The number of anilines is 1. The molecule has 1 N–H and O–H groups in total. The largest absolute Gasteiger partial charge is 0.468 e. The molecule has 94 valence electrons. The van der Waals surface area contributed by atoms with Crippen molar-refractivity contribution in [2.45, 2.75) is 0 Å². The van der Waals surface area contributed by atoms with Crippen molar-refractivity contribution >= 4 is 17.9 Å². The van der Waals surface area contributed by atoms with Crippen LogP contribution in [-0.4, -0.2) is 36.2 Å². The van der Waals surface area contributed by atoms with Gasteiger partial charge in [-0.15, -0.1) is 0 Å². The van der Waals surface area contributed by atoms with Gasteiger partial charge in [0.15, 0.2) is 0 Å². The first-order valence-electron chi connectivity index (χ1n) is 5.40. The maximum atomic E-state index is 5.04. The first-order valence-corrected chi connectivity index (χ1v) is 5.81. The molecule has 0 spiro atoms. The average Bonchev–Trinajstić information content (AvgIpc) is 2.38. The smallest absolute Gasteiger partial charge is 0.297 e. The molecule has 1 heterocycles. The van der Waals surface area contributed by atoms with Crippen LogP contribution in [0.4, 0.5) is 5.69 Å². The molecule has 2 rings (SSSR count). The number of H-pyrrole nitrogens is 1. The van der Waals surface area contributed by atoms with Gasteiger partial charge in [0, 0.05) is 25.3 Å². The van der Waals surface area contributed by atoms with Crippen molar-refractivity contribution in [2.75, 3.05) is 26.1 Å². The molecule has 0 amide bonds. The van der Waals surface area contributed by atoms with Gasteiger partial charge in [-0.3, -0.25) is 4.98 Å². The molecule has 0 saturated carbocycles. The average molecular weight is 262 g/mol. The van der Waals surface area contributed by atoms with E-state index in [1.165, 1.54) is 7.11 Å². The summed E-state index contributed by atoms with van der Waals surface area (Å²) in [5, 5.41) is 0. The molecule has 0 aliphatic heterocycles. The van der Waals surface area contributed by atoms with Crippen LogP contribution in [0.1, 0.15) is 0 Å². The summed E-state index contributed by atoms with van der Waals surface area (Å²) in [6.07, 6.45) is 0. The SMILES string of the molecule is COc1nc(=S)nc(-c2ccc(N(C)C)cc2)[nH]1. The van der Waals surface area contributed by atoms with E-state index in [9.17, 15) is 0 Å². The zero-order chi connectivity index (χ0) is 13.1. The molecule has 0 unspecified atom stereocenters. The highest BCUT2D eigenvalue weighted by atomic mass is 32.1. The van der Waals surface area contributed by atoms with Gasteiger partial charge in [0.2, 0.25) is 4.77 Å². The molecule has 0 fully saturated rings. The number of aromatic nitrogens is 3. The molecule has 0 aliphatic rings. The summed E-state index contributed by atoms with van der Waals surface area (Å²) in [6, 6.07) is 8.34. The highest BCUT2D eigenvalue weighted by Gasteiger charge is 2.04. The molecule has 6 heteroatoms. The molecule has 0 bridgehead atoms. The Bertz CT molecular complexity index is 592. The van der Waals surface area contributed by atoms with E-state index in [0.29, 0.717) is 11.8 Å². The summed E-state index contributed by atoms with van der Waals surface area (Å²) in [5.41, 5.74) is 2.06. The summed E-state index contributed by atoms with van der Waals surface area (Å²) < 4.78 is 5.30. The van der Waals surface area contributed by atoms with Crippen molar-refractivity contribution < 1.29 is 4.74 Å². The van der Waals surface area contributed by atoms with Crippen molar-refractivity contribution in [3.63, 3.8) is 0 Å². The third-order valence-corrected chi connectivity index (χ3v) is 2.66. The molecule has 5 nitrogen and oxygen atoms in total. The summed E-state index contributed by atoms with van der Waals surface area (Å²) >= 11 is 4.99. The second kappa shape index (κ2) is 5.14. The number of rotatable bonds is 3. The number of ether oxygens (including phenoxy) is 1. The minimum absolute atomic E-state index is 0.261. The van der Waals surface area contributed by atoms with Gasteiger partial charge in [-0.2, -0.15) is 4.98 Å². The lowest BCUT2D eigenvalue weighted by Gasteiger charge is -2.12. The van der Waals surface area contributed by atoms with Gasteiger partial charge in [-0.25, -0.2) is 4.98 Å². The Morgan fingerprint density at radius 2 is 1.83 bits per heavy atom. The Balaban J connectivity index is 2.42. The van der Waals surface area contributed by atoms with Gasteiger partial charge in [-0.1, -0.05) is 0 Å². The van der Waals surface area contributed by atoms with E-state index >= 15 is 0 Å². The summed E-state index contributed by atoms with van der Waals surface area (Å²) in [5.74, 6) is 0.650. The van der Waals surface area contributed by atoms with Crippen LogP contribution in [0, 0.1) is 4.77 Å². The van der Waals surface area contributed by atoms with Crippen LogP contribution in [-0.2, 0) is 0 Å². The molecule has 1 aromatic heterocycles. The number of methoxy groups -OCH3 is 1. The topological polar surface area (TPSA) is 54.0 Å². The third kappa shape index (κ3) is 2.65. The zero-order valence-electron chi connectivity index (χ0n) is 10.5. The van der Waals surface area contributed by atoms with E-state index in [1.54, 1.807) is 0 Å². The van der Waals surface area contributed by atoms with Crippen LogP contribution < -0.4 is 9.64 Å². The minimum atomic E-state index is 0.261. The van der Waals surface area contributed by atoms with Crippen LogP contribution in [0.25, 0.3) is 11.4 Å². The van der Waals surface area contributed by atoms with Crippen molar-refractivity contribution in [2.24, 2.45) is 0 Å². The van der Waals surface area contributed by atoms with Crippen LogP contribution >= 0.6 is 12.2 Å². The molecular weight excluding hydrogens is 248 g/mol. The lowest BCUT2D eigenvalue weighted by atomic mass is 10.2. The fourth-order valence-corrected chi connectivity index (χ4v) is 1.69. The fourth-order valence-electron chi connectivity index (χ4n) is 1.52. The molecular formula is C12H14N4OS. The van der Waals surface area contributed by atoms with Crippen LogP contribution in [0.15, 0.2) is 24.3 Å². The maximum absolute atomic E-state index is 5.04. The first-order chi connectivity index (χ1) is 8.60. The standard InChI is InChI=1S/C12H14N4OS/c1-16(2)9-6-4-8(5-7-9)10-13-11(17-3)15-12(18)14-10/h4-7H,1-3H3,(H,13,14,15,18). The van der Waals surface area contributed by atoms with Gasteiger partial charge in [0.05, 0.1) is 7.11 Å². The lowest BCUT2D eigenvalue weighted by molar-refractivity contribution is 0.378. The van der Waals surface area contributed by atoms with E-state index in [0.717, 1.165) is 11.3 Å². The van der Waals surface area contributed by atoms with Crippen LogP contribution in [0.5, 0.6) is 6.01 Å². The van der Waals surface area contributed by atoms with Gasteiger partial charge in [0.25, 0.3) is 6.01 Å². The summed E-state index contributed by atoms with van der Waals surface area (Å²) in [7, 11) is 5.53. The molecule has 0 atom stereocenters. The third-order valence-electron chi connectivity index (χ3n) is 2.48. The Hall–Kier alpha value is -1.95. The number of nitrogens with zero attached hydrogens (tertiary/aromatic N) is 3. The molecule has 1 aromatic carbocycles. The van der Waals surface area contributed by atoms with Crippen molar-refractivity contribution in [3.05, 3.63) is 29.0 Å². The number of hydrogen-bond donors (Lipinski definition) is 1. The molecule has 0 aliphatic carbocycles. The fraction of sp³-hybridized carbons (Fsp3) is 0.250. The number of benzene rings is 1. The summed E-state index contributed by atoms with van der Waals surface area (Å²) in [4.78, 5) is 13.1. The van der Waals surface area contributed by atoms with Crippen LogP contribution in [0.3, 0.4) is 0 Å². The number of aromatic amines is 1. The second-order valence-corrected chi connectivity index (χ2v) is 4.30. The Labute approximate surface area is 110 Å². The quantitative estimate of drug-likeness (QED) is 0.860. The number of nitrogens with one attached hydrogen (secondary N) is 1. The predicted octanol–water partition coefficient (Wildman–Crippen LogP) is 2.28. The Morgan fingerprint density at radius 3 is 2.39 bits per heavy atom. The Kier molecular flexibility index (Phi) is 3.57. The molecule has 0 saturated heterocycles. The monoisotopic (exact) mass is 262 g/mol. The van der Waals surface area contributed by atoms with Gasteiger partial charge in [0.1, 0.15) is 5.82 Å². The van der Waals surface area contributed by atoms with E-state index in [4.69, 9.17) is 17.0 Å². The first kappa shape index (κ1) is 12.5. The molecule has 0 radical (unpaired) electrons. The maximum Gasteiger partial charge on any atom is 0.297 e. The van der Waals surface area contributed by atoms with Crippen molar-refractivity contribution in [1.82, 2.24) is 15.0 Å². The van der Waals surface area contributed by atoms with E-state index < -0.39 is 0 Å². The summed E-state index contributed by atoms with van der Waals surface area (Å²) in [6.45, 7) is 0. The lowest BCUT2D eigenvalue weighted by Crippen LogP contribution is -2.08. The van der Waals surface area contributed by atoms with Gasteiger partial charge < -0.3 is 9.64 Å². The predicted molar refractivity (Wildman–Crippen MR) is 73.5 cm³/mol. The number of hydrogen-bond acceptors (Lipinski definition) is 5. The highest BCUT2D eigenvalue weighted by molar-refractivity contribution is 7.71.